The third kappa shape index (κ3) is 12.7. The van der Waals surface area contributed by atoms with Gasteiger partial charge in [0.25, 0.3) is 0 Å². The van der Waals surface area contributed by atoms with Crippen LogP contribution in [-0.2, 0) is 19.0 Å². The first-order chi connectivity index (χ1) is 28.8. The first-order valence-corrected chi connectivity index (χ1v) is 25.7. The van der Waals surface area contributed by atoms with Crippen LogP contribution in [0, 0.1) is 52.3 Å². The summed E-state index contributed by atoms with van der Waals surface area (Å²) in [4.78, 5) is 12.6. The Kier molecular flexibility index (Phi) is 20.0. The van der Waals surface area contributed by atoms with Crippen molar-refractivity contribution in [2.24, 2.45) is 52.3 Å². The Labute approximate surface area is 367 Å². The van der Waals surface area contributed by atoms with Crippen molar-refractivity contribution in [1.29, 1.82) is 0 Å². The maximum Gasteiger partial charge on any atom is 0.305 e. The quantitative estimate of drug-likeness (QED) is 0.0477. The van der Waals surface area contributed by atoms with Crippen LogP contribution in [0.15, 0.2) is 23.8 Å². The minimum Gasteiger partial charge on any atom is -0.463 e. The van der Waals surface area contributed by atoms with Gasteiger partial charge in [-0.1, -0.05) is 136 Å². The molecule has 4 aliphatic carbocycles. The largest absolute Gasteiger partial charge is 0.463 e. The van der Waals surface area contributed by atoms with Crippen molar-refractivity contribution in [2.45, 2.75) is 246 Å². The maximum atomic E-state index is 12.6. The van der Waals surface area contributed by atoms with Gasteiger partial charge in [0.15, 0.2) is 6.29 Å². The van der Waals surface area contributed by atoms with E-state index >= 15 is 0 Å². The second-order valence-electron chi connectivity index (χ2n) is 21.5. The second kappa shape index (κ2) is 24.2. The van der Waals surface area contributed by atoms with Crippen LogP contribution in [0.4, 0.5) is 0 Å². The van der Waals surface area contributed by atoms with Crippen molar-refractivity contribution in [3.8, 4) is 0 Å². The fourth-order valence-corrected chi connectivity index (χ4v) is 13.3. The highest BCUT2D eigenvalue weighted by molar-refractivity contribution is 5.69. The Morgan fingerprint density at radius 2 is 1.50 bits per heavy atom. The molecule has 0 bridgehead atoms. The summed E-state index contributed by atoms with van der Waals surface area (Å²) in [6.45, 7) is 17.0. The van der Waals surface area contributed by atoms with Crippen LogP contribution in [0.2, 0.25) is 0 Å². The molecule has 3 N–H and O–H groups in total. The summed E-state index contributed by atoms with van der Waals surface area (Å²) in [5, 5.41) is 32.5. The lowest BCUT2D eigenvalue weighted by Crippen LogP contribution is -2.60. The average Bonchev–Trinajstić information content (AvgIpc) is 3.59. The third-order valence-electron chi connectivity index (χ3n) is 17.3. The van der Waals surface area contributed by atoms with Crippen LogP contribution in [0.1, 0.15) is 209 Å². The number of ether oxygens (including phenoxy) is 3. The molecule has 0 aromatic rings. The van der Waals surface area contributed by atoms with E-state index in [0.717, 1.165) is 93.3 Å². The molecular formula is C53H92O7. The molecule has 5 aliphatic rings. The zero-order valence-corrected chi connectivity index (χ0v) is 39.6. The number of carbonyl (C=O) groups is 1. The van der Waals surface area contributed by atoms with Gasteiger partial charge in [-0.3, -0.25) is 4.79 Å². The SMILES string of the molecule is CCCCCCCC/C=C/CCCCCCCC(=O)OCC1OC(OC2CCC3(C)C(=CCC4C3CCC3(C)C(C(C)CCC(CC)C(C)C)CCC43)C2)C(O)C(O)C1O. The smallest absolute Gasteiger partial charge is 0.305 e. The summed E-state index contributed by atoms with van der Waals surface area (Å²) < 4.78 is 18.0. The molecule has 1 heterocycles. The average molecular weight is 841 g/mol. The summed E-state index contributed by atoms with van der Waals surface area (Å²) in [5.41, 5.74) is 2.12. The molecule has 5 rings (SSSR count). The summed E-state index contributed by atoms with van der Waals surface area (Å²) in [6.07, 6.45) is 30.1. The molecule has 14 atom stereocenters. The fourth-order valence-electron chi connectivity index (χ4n) is 13.3. The lowest BCUT2D eigenvalue weighted by atomic mass is 9.47. The minimum absolute atomic E-state index is 0.143. The van der Waals surface area contributed by atoms with Gasteiger partial charge in [-0.2, -0.15) is 0 Å². The van der Waals surface area contributed by atoms with Crippen LogP contribution in [0.5, 0.6) is 0 Å². The van der Waals surface area contributed by atoms with E-state index in [-0.39, 0.29) is 24.1 Å². The number of aliphatic hydroxyl groups is 3. The Morgan fingerprint density at radius 3 is 2.18 bits per heavy atom. The number of hydrogen-bond donors (Lipinski definition) is 3. The standard InChI is InChI=1S/C53H92O7/c1-8-10-11-12-13-14-15-16-17-18-19-20-21-22-23-24-47(54)58-36-46-48(55)49(56)50(57)51(60-46)59-41-31-33-52(6)40(35-41)27-28-42-44-30-29-43(53(44,7)34-32-45(42)52)38(5)25-26-39(9-2)37(3)4/h16-17,27,37-39,41-46,48-51,55-57H,8-15,18-26,28-36H2,1-7H3/b17-16+. The summed E-state index contributed by atoms with van der Waals surface area (Å²) in [6, 6.07) is 0. The second-order valence-corrected chi connectivity index (χ2v) is 21.5. The molecule has 7 heteroatoms. The molecule has 0 spiro atoms. The van der Waals surface area contributed by atoms with Gasteiger partial charge in [0, 0.05) is 6.42 Å². The van der Waals surface area contributed by atoms with Crippen molar-refractivity contribution in [1.82, 2.24) is 0 Å². The summed E-state index contributed by atoms with van der Waals surface area (Å²) in [7, 11) is 0. The van der Waals surface area contributed by atoms with E-state index in [4.69, 9.17) is 14.2 Å². The van der Waals surface area contributed by atoms with E-state index in [1.54, 1.807) is 0 Å². The van der Waals surface area contributed by atoms with Crippen LogP contribution in [-0.4, -0.2) is 64.7 Å². The van der Waals surface area contributed by atoms with E-state index in [0.29, 0.717) is 17.8 Å². The third-order valence-corrected chi connectivity index (χ3v) is 17.3. The van der Waals surface area contributed by atoms with Crippen molar-refractivity contribution in [3.05, 3.63) is 23.8 Å². The predicted octanol–water partition coefficient (Wildman–Crippen LogP) is 12.4. The number of hydrogen-bond acceptors (Lipinski definition) is 7. The van der Waals surface area contributed by atoms with Gasteiger partial charge < -0.3 is 29.5 Å². The lowest BCUT2D eigenvalue weighted by molar-refractivity contribution is -0.313. The molecule has 14 unspecified atom stereocenters. The van der Waals surface area contributed by atoms with Gasteiger partial charge in [0.2, 0.25) is 0 Å². The molecule has 1 saturated heterocycles. The highest BCUT2D eigenvalue weighted by atomic mass is 16.7. The Bertz CT molecular complexity index is 1330. The molecule has 0 aromatic heterocycles. The molecule has 3 saturated carbocycles. The Balaban J connectivity index is 1.02. The molecule has 346 valence electrons. The molecule has 0 radical (unpaired) electrons. The van der Waals surface area contributed by atoms with Gasteiger partial charge in [0.05, 0.1) is 6.10 Å². The highest BCUT2D eigenvalue weighted by Crippen LogP contribution is 2.67. The van der Waals surface area contributed by atoms with E-state index in [9.17, 15) is 20.1 Å². The minimum atomic E-state index is -1.45. The zero-order valence-electron chi connectivity index (χ0n) is 39.6. The first kappa shape index (κ1) is 49.8. The number of fused-ring (bicyclic) bond motifs is 5. The topological polar surface area (TPSA) is 105 Å². The fraction of sp³-hybridized carbons (Fsp3) is 0.906. The molecule has 4 fully saturated rings. The molecule has 60 heavy (non-hydrogen) atoms. The molecule has 7 nitrogen and oxygen atoms in total. The Morgan fingerprint density at radius 1 is 0.817 bits per heavy atom. The number of esters is 1. The first-order valence-electron chi connectivity index (χ1n) is 25.7. The number of allylic oxidation sites excluding steroid dienone is 3. The number of rotatable bonds is 25. The van der Waals surface area contributed by atoms with E-state index in [1.165, 1.54) is 102 Å². The number of unbranched alkanes of at least 4 members (excludes halogenated alkanes) is 11. The van der Waals surface area contributed by atoms with E-state index in [1.807, 2.05) is 0 Å². The van der Waals surface area contributed by atoms with Crippen molar-refractivity contribution in [3.63, 3.8) is 0 Å². The van der Waals surface area contributed by atoms with Crippen molar-refractivity contribution < 1.29 is 34.3 Å². The Hall–Kier alpha value is -1.25. The zero-order chi connectivity index (χ0) is 43.3. The monoisotopic (exact) mass is 841 g/mol. The summed E-state index contributed by atoms with van der Waals surface area (Å²) >= 11 is 0. The van der Waals surface area contributed by atoms with Crippen LogP contribution >= 0.6 is 0 Å². The van der Waals surface area contributed by atoms with Gasteiger partial charge >= 0.3 is 5.97 Å². The summed E-state index contributed by atoms with van der Waals surface area (Å²) in [5.74, 6) is 5.21. The van der Waals surface area contributed by atoms with Gasteiger partial charge in [-0.25, -0.2) is 0 Å². The van der Waals surface area contributed by atoms with Gasteiger partial charge in [-0.15, -0.1) is 0 Å². The van der Waals surface area contributed by atoms with Crippen molar-refractivity contribution >= 4 is 5.97 Å². The molecule has 0 amide bonds. The normalized spacial score (nSPS) is 36.4. The highest BCUT2D eigenvalue weighted by Gasteiger charge is 2.59. The lowest BCUT2D eigenvalue weighted by Gasteiger charge is -2.58. The van der Waals surface area contributed by atoms with E-state index in [2.05, 4.69) is 66.7 Å². The number of carbonyl (C=O) groups excluding carboxylic acids is 1. The predicted molar refractivity (Wildman–Crippen MR) is 244 cm³/mol. The molecule has 1 aliphatic heterocycles. The van der Waals surface area contributed by atoms with Crippen LogP contribution in [0.3, 0.4) is 0 Å². The van der Waals surface area contributed by atoms with E-state index < -0.39 is 30.7 Å². The van der Waals surface area contributed by atoms with Gasteiger partial charge in [0.1, 0.15) is 31.0 Å². The van der Waals surface area contributed by atoms with Gasteiger partial charge in [-0.05, 0) is 142 Å². The van der Waals surface area contributed by atoms with Crippen LogP contribution < -0.4 is 0 Å². The maximum absolute atomic E-state index is 12.6. The molecular weight excluding hydrogens is 749 g/mol. The van der Waals surface area contributed by atoms with Crippen molar-refractivity contribution in [2.75, 3.05) is 6.61 Å². The number of aliphatic hydroxyl groups excluding tert-OH is 3. The molecule has 0 aromatic carbocycles. The van der Waals surface area contributed by atoms with Crippen LogP contribution in [0.25, 0.3) is 0 Å².